The van der Waals surface area contributed by atoms with E-state index in [0.29, 0.717) is 31.0 Å². The van der Waals surface area contributed by atoms with Gasteiger partial charge in [0.25, 0.3) is 0 Å². The lowest BCUT2D eigenvalue weighted by Crippen LogP contribution is -2.55. The van der Waals surface area contributed by atoms with Crippen LogP contribution in [0.15, 0.2) is 24.3 Å². The summed E-state index contributed by atoms with van der Waals surface area (Å²) in [6.07, 6.45) is 0.606. The van der Waals surface area contributed by atoms with Gasteiger partial charge in [0.2, 0.25) is 11.8 Å². The third-order valence-corrected chi connectivity index (χ3v) is 4.94. The second-order valence-electron chi connectivity index (χ2n) is 5.81. The molecule has 0 aromatic heterocycles. The molecule has 1 aromatic rings. The van der Waals surface area contributed by atoms with Gasteiger partial charge in [-0.3, -0.25) is 9.59 Å². The van der Waals surface area contributed by atoms with Gasteiger partial charge in [0.15, 0.2) is 6.10 Å². The summed E-state index contributed by atoms with van der Waals surface area (Å²) >= 11 is 5.97. The molecule has 0 radical (unpaired) electrons. The molecule has 1 aliphatic rings. The number of amides is 2. The van der Waals surface area contributed by atoms with Crippen molar-refractivity contribution in [2.45, 2.75) is 38.2 Å². The summed E-state index contributed by atoms with van der Waals surface area (Å²) in [5, 5.41) is 0.641. The van der Waals surface area contributed by atoms with Crippen molar-refractivity contribution in [1.82, 2.24) is 4.90 Å². The summed E-state index contributed by atoms with van der Waals surface area (Å²) in [5.41, 5.74) is 5.64. The van der Waals surface area contributed by atoms with Crippen LogP contribution in [0.1, 0.15) is 32.3 Å². The second kappa shape index (κ2) is 7.32. The number of morpholine rings is 1. The Labute approximate surface area is 141 Å². The minimum absolute atomic E-state index is 0.0133. The third-order valence-electron chi connectivity index (χ3n) is 4.68. The number of primary amides is 1. The Kier molecular flexibility index (Phi) is 5.65. The van der Waals surface area contributed by atoms with Crippen molar-refractivity contribution in [2.75, 3.05) is 19.7 Å². The maximum atomic E-state index is 13.2. The molecule has 126 valence electrons. The number of halogens is 1. The van der Waals surface area contributed by atoms with Crippen LogP contribution in [0, 0.1) is 0 Å². The van der Waals surface area contributed by atoms with Crippen LogP contribution in [0.4, 0.5) is 0 Å². The molecule has 1 atom stereocenters. The Bertz CT molecular complexity index is 570. The van der Waals surface area contributed by atoms with E-state index in [1.54, 1.807) is 17.0 Å². The fraction of sp³-hybridized carbons (Fsp3) is 0.529. The first kappa shape index (κ1) is 17.8. The molecule has 1 aromatic carbocycles. The summed E-state index contributed by atoms with van der Waals surface area (Å²) in [5.74, 6) is -0.521. The number of hydrogen-bond donors (Lipinski definition) is 1. The lowest BCUT2D eigenvalue weighted by atomic mass is 9.74. The molecule has 6 heteroatoms. The third kappa shape index (κ3) is 3.51. The predicted molar refractivity (Wildman–Crippen MR) is 89.2 cm³/mol. The smallest absolute Gasteiger partial charge is 0.248 e. The lowest BCUT2D eigenvalue weighted by Gasteiger charge is -2.39. The molecule has 0 spiro atoms. The van der Waals surface area contributed by atoms with Gasteiger partial charge in [-0.1, -0.05) is 37.6 Å². The molecule has 2 rings (SSSR count). The zero-order chi connectivity index (χ0) is 17.0. The molecule has 1 saturated heterocycles. The molecule has 0 saturated carbocycles. The molecule has 1 heterocycles. The molecule has 1 aliphatic heterocycles. The van der Waals surface area contributed by atoms with Crippen molar-refractivity contribution in [3.8, 4) is 0 Å². The number of nitrogens with zero attached hydrogens (tertiary/aromatic N) is 1. The monoisotopic (exact) mass is 338 g/mol. The molecule has 2 amide bonds. The highest BCUT2D eigenvalue weighted by Gasteiger charge is 2.41. The average Bonchev–Trinajstić information content (AvgIpc) is 2.57. The number of carbonyl (C=O) groups excluding carboxylic acids is 2. The van der Waals surface area contributed by atoms with Crippen molar-refractivity contribution < 1.29 is 14.3 Å². The van der Waals surface area contributed by atoms with Gasteiger partial charge < -0.3 is 15.4 Å². The molecule has 5 nitrogen and oxygen atoms in total. The van der Waals surface area contributed by atoms with E-state index < -0.39 is 17.4 Å². The van der Waals surface area contributed by atoms with Gasteiger partial charge in [0, 0.05) is 11.6 Å². The first-order valence-corrected chi connectivity index (χ1v) is 8.28. The van der Waals surface area contributed by atoms with E-state index in [9.17, 15) is 9.59 Å². The van der Waals surface area contributed by atoms with E-state index in [2.05, 4.69) is 0 Å². The van der Waals surface area contributed by atoms with Crippen molar-refractivity contribution >= 4 is 23.4 Å². The van der Waals surface area contributed by atoms with Gasteiger partial charge >= 0.3 is 0 Å². The Hall–Kier alpha value is -1.59. The van der Waals surface area contributed by atoms with Crippen molar-refractivity contribution in [1.29, 1.82) is 0 Å². The molecular weight excluding hydrogens is 316 g/mol. The van der Waals surface area contributed by atoms with Gasteiger partial charge in [0.05, 0.1) is 18.6 Å². The molecule has 0 aliphatic carbocycles. The maximum Gasteiger partial charge on any atom is 0.248 e. The fourth-order valence-electron chi connectivity index (χ4n) is 3.16. The van der Waals surface area contributed by atoms with Gasteiger partial charge in [0.1, 0.15) is 0 Å². The molecule has 1 fully saturated rings. The van der Waals surface area contributed by atoms with Crippen LogP contribution < -0.4 is 5.73 Å². The SMILES string of the molecule is CCC(CC)(C(=O)N1CCO[C@@H](C(N)=O)C1)c1ccc(Cl)cc1. The number of benzene rings is 1. The highest BCUT2D eigenvalue weighted by Crippen LogP contribution is 2.35. The van der Waals surface area contributed by atoms with Crippen LogP contribution in [-0.4, -0.2) is 42.5 Å². The first-order chi connectivity index (χ1) is 10.9. The molecule has 2 N–H and O–H groups in total. The summed E-state index contributed by atoms with van der Waals surface area (Å²) in [6, 6.07) is 7.41. The summed E-state index contributed by atoms with van der Waals surface area (Å²) in [4.78, 5) is 26.3. The van der Waals surface area contributed by atoms with Crippen molar-refractivity contribution in [3.63, 3.8) is 0 Å². The van der Waals surface area contributed by atoms with E-state index in [-0.39, 0.29) is 12.5 Å². The average molecular weight is 339 g/mol. The molecule has 0 bridgehead atoms. The highest BCUT2D eigenvalue weighted by atomic mass is 35.5. The maximum absolute atomic E-state index is 13.2. The van der Waals surface area contributed by atoms with Crippen LogP contribution in [0.5, 0.6) is 0 Å². The van der Waals surface area contributed by atoms with E-state index >= 15 is 0 Å². The Morgan fingerprint density at radius 3 is 2.43 bits per heavy atom. The number of carbonyl (C=O) groups is 2. The normalized spacial score (nSPS) is 18.7. The van der Waals surface area contributed by atoms with E-state index in [0.717, 1.165) is 5.56 Å². The standard InChI is InChI=1S/C17H23ClN2O3/c1-3-17(4-2,12-5-7-13(18)8-6-12)16(22)20-9-10-23-14(11-20)15(19)21/h5-8,14H,3-4,9-11H2,1-2H3,(H2,19,21)/t14-/m1/s1. The minimum Gasteiger partial charge on any atom is -0.367 e. The first-order valence-electron chi connectivity index (χ1n) is 7.91. The van der Waals surface area contributed by atoms with Gasteiger partial charge in [-0.15, -0.1) is 0 Å². The van der Waals surface area contributed by atoms with Crippen LogP contribution in [-0.2, 0) is 19.7 Å². The molecule has 23 heavy (non-hydrogen) atoms. The zero-order valence-electron chi connectivity index (χ0n) is 13.5. The van der Waals surface area contributed by atoms with Crippen LogP contribution in [0.25, 0.3) is 0 Å². The van der Waals surface area contributed by atoms with E-state index in [1.165, 1.54) is 0 Å². The Morgan fingerprint density at radius 2 is 1.91 bits per heavy atom. The largest absolute Gasteiger partial charge is 0.367 e. The topological polar surface area (TPSA) is 72.6 Å². The quantitative estimate of drug-likeness (QED) is 0.893. The minimum atomic E-state index is -0.732. The summed E-state index contributed by atoms with van der Waals surface area (Å²) < 4.78 is 5.34. The van der Waals surface area contributed by atoms with Crippen molar-refractivity contribution in [2.24, 2.45) is 5.73 Å². The second-order valence-corrected chi connectivity index (χ2v) is 6.25. The Morgan fingerprint density at radius 1 is 1.30 bits per heavy atom. The summed E-state index contributed by atoms with van der Waals surface area (Å²) in [7, 11) is 0. The van der Waals surface area contributed by atoms with Crippen LogP contribution >= 0.6 is 11.6 Å². The number of ether oxygens (including phenoxy) is 1. The molecular formula is C17H23ClN2O3. The van der Waals surface area contributed by atoms with Crippen LogP contribution in [0.3, 0.4) is 0 Å². The van der Waals surface area contributed by atoms with Gasteiger partial charge in [-0.25, -0.2) is 0 Å². The predicted octanol–water partition coefficient (Wildman–Crippen LogP) is 2.11. The van der Waals surface area contributed by atoms with Crippen molar-refractivity contribution in [3.05, 3.63) is 34.9 Å². The summed E-state index contributed by atoms with van der Waals surface area (Å²) in [6.45, 7) is 5.01. The van der Waals surface area contributed by atoms with Gasteiger partial charge in [-0.2, -0.15) is 0 Å². The zero-order valence-corrected chi connectivity index (χ0v) is 14.3. The lowest BCUT2D eigenvalue weighted by molar-refractivity contribution is -0.150. The van der Waals surface area contributed by atoms with Gasteiger partial charge in [-0.05, 0) is 30.5 Å². The molecule has 0 unspecified atom stereocenters. The van der Waals surface area contributed by atoms with Crippen LogP contribution in [0.2, 0.25) is 5.02 Å². The number of rotatable bonds is 5. The van der Waals surface area contributed by atoms with E-state index in [4.69, 9.17) is 22.1 Å². The Balaban J connectivity index is 2.31. The van der Waals surface area contributed by atoms with E-state index in [1.807, 2.05) is 26.0 Å². The fourth-order valence-corrected chi connectivity index (χ4v) is 3.29. The number of hydrogen-bond acceptors (Lipinski definition) is 3. The highest BCUT2D eigenvalue weighted by molar-refractivity contribution is 6.30. The number of nitrogens with two attached hydrogens (primary N) is 1.